The van der Waals surface area contributed by atoms with Crippen LogP contribution in [0.1, 0.15) is 31.7 Å². The monoisotopic (exact) mass is 505 g/mol. The van der Waals surface area contributed by atoms with Gasteiger partial charge in [-0.05, 0) is 36.8 Å². The fourth-order valence-electron chi connectivity index (χ4n) is 2.98. The molecule has 2 N–H and O–H groups in total. The number of pyridine rings is 1. The van der Waals surface area contributed by atoms with Gasteiger partial charge >= 0.3 is 0 Å². The van der Waals surface area contributed by atoms with Crippen LogP contribution < -0.4 is 15.5 Å². The minimum Gasteiger partial charge on any atom is -0.382 e. The maximum absolute atomic E-state index is 5.45. The minimum absolute atomic E-state index is 0. The smallest absolute Gasteiger partial charge is 0.191 e. The minimum atomic E-state index is 0. The molecule has 2 rings (SSSR count). The summed E-state index contributed by atoms with van der Waals surface area (Å²) in [5.74, 6) is 2.71. The summed E-state index contributed by atoms with van der Waals surface area (Å²) in [6, 6.07) is 4.27. The number of aliphatic imine (C=N–C) groups is 1. The standard InChI is InChI=1S/C20H35N5O2.HI/c1-17-7-10-25(11-8-17)19-6-5-18(15-23-19)16-24-20(21-2)22-9-4-12-27-14-13-26-3;/h5-6,15,17H,4,7-14,16H2,1-3H3,(H2,21,22,24);1H. The van der Waals surface area contributed by atoms with E-state index in [-0.39, 0.29) is 24.0 Å². The van der Waals surface area contributed by atoms with E-state index in [9.17, 15) is 0 Å². The second kappa shape index (κ2) is 14.8. The van der Waals surface area contributed by atoms with Gasteiger partial charge in [0.05, 0.1) is 13.2 Å². The van der Waals surface area contributed by atoms with Crippen molar-refractivity contribution in [1.29, 1.82) is 0 Å². The number of piperidine rings is 1. The van der Waals surface area contributed by atoms with Gasteiger partial charge in [0.25, 0.3) is 0 Å². The Balaban J connectivity index is 0.00000392. The molecule has 160 valence electrons. The van der Waals surface area contributed by atoms with Crippen molar-refractivity contribution in [2.75, 3.05) is 58.5 Å². The number of nitrogens with zero attached hydrogens (tertiary/aromatic N) is 3. The molecule has 1 aromatic rings. The maximum Gasteiger partial charge on any atom is 0.191 e. The first-order valence-electron chi connectivity index (χ1n) is 9.94. The van der Waals surface area contributed by atoms with E-state index < -0.39 is 0 Å². The quantitative estimate of drug-likeness (QED) is 0.221. The molecule has 0 amide bonds. The van der Waals surface area contributed by atoms with Crippen molar-refractivity contribution in [3.8, 4) is 0 Å². The normalized spacial score (nSPS) is 15.2. The Morgan fingerprint density at radius 3 is 2.64 bits per heavy atom. The van der Waals surface area contributed by atoms with Gasteiger partial charge in [-0.25, -0.2) is 4.98 Å². The number of hydrogen-bond donors (Lipinski definition) is 2. The molecule has 1 aliphatic heterocycles. The molecule has 7 nitrogen and oxygen atoms in total. The van der Waals surface area contributed by atoms with Gasteiger partial charge < -0.3 is 25.0 Å². The highest BCUT2D eigenvalue weighted by atomic mass is 127. The molecule has 8 heteroatoms. The van der Waals surface area contributed by atoms with E-state index in [1.165, 1.54) is 12.8 Å². The van der Waals surface area contributed by atoms with Gasteiger partial charge in [0.2, 0.25) is 0 Å². The molecule has 0 spiro atoms. The third kappa shape index (κ3) is 9.38. The third-order valence-corrected chi connectivity index (χ3v) is 4.79. The van der Waals surface area contributed by atoms with Crippen LogP contribution in [0.25, 0.3) is 0 Å². The summed E-state index contributed by atoms with van der Waals surface area (Å²) in [4.78, 5) is 11.3. The summed E-state index contributed by atoms with van der Waals surface area (Å²) in [7, 11) is 3.46. The van der Waals surface area contributed by atoms with E-state index in [4.69, 9.17) is 9.47 Å². The maximum atomic E-state index is 5.45. The highest BCUT2D eigenvalue weighted by Gasteiger charge is 2.16. The van der Waals surface area contributed by atoms with Crippen molar-refractivity contribution in [2.45, 2.75) is 32.7 Å². The van der Waals surface area contributed by atoms with Crippen LogP contribution in [0.5, 0.6) is 0 Å². The van der Waals surface area contributed by atoms with Crippen molar-refractivity contribution in [3.05, 3.63) is 23.9 Å². The summed E-state index contributed by atoms with van der Waals surface area (Å²) in [5.41, 5.74) is 1.15. The molecule has 1 saturated heterocycles. The van der Waals surface area contributed by atoms with Crippen molar-refractivity contribution >= 4 is 35.8 Å². The van der Waals surface area contributed by atoms with Crippen LogP contribution in [-0.2, 0) is 16.0 Å². The van der Waals surface area contributed by atoms with Crippen LogP contribution in [0.3, 0.4) is 0 Å². The van der Waals surface area contributed by atoms with Gasteiger partial charge in [0, 0.05) is 53.1 Å². The first kappa shape index (κ1) is 24.9. The second-order valence-corrected chi connectivity index (χ2v) is 7.01. The van der Waals surface area contributed by atoms with Crippen molar-refractivity contribution in [1.82, 2.24) is 15.6 Å². The molecule has 0 bridgehead atoms. The molecule has 1 aliphatic rings. The summed E-state index contributed by atoms with van der Waals surface area (Å²) < 4.78 is 10.4. The second-order valence-electron chi connectivity index (χ2n) is 7.01. The van der Waals surface area contributed by atoms with E-state index in [0.717, 1.165) is 49.3 Å². The van der Waals surface area contributed by atoms with Crippen LogP contribution in [0.4, 0.5) is 5.82 Å². The lowest BCUT2D eigenvalue weighted by Crippen LogP contribution is -2.37. The molecule has 0 saturated carbocycles. The largest absolute Gasteiger partial charge is 0.382 e. The number of aromatic nitrogens is 1. The number of anilines is 1. The van der Waals surface area contributed by atoms with Crippen LogP contribution in [0.2, 0.25) is 0 Å². The number of methoxy groups -OCH3 is 1. The average molecular weight is 505 g/mol. The Labute approximate surface area is 186 Å². The van der Waals surface area contributed by atoms with Gasteiger partial charge in [-0.3, -0.25) is 4.99 Å². The number of ether oxygens (including phenoxy) is 2. The molecule has 2 heterocycles. The zero-order valence-corrected chi connectivity index (χ0v) is 19.8. The van der Waals surface area contributed by atoms with Gasteiger partial charge in [-0.2, -0.15) is 0 Å². The molecular formula is C20H36IN5O2. The fourth-order valence-corrected chi connectivity index (χ4v) is 2.98. The molecule has 1 aromatic heterocycles. The Morgan fingerprint density at radius 2 is 2.00 bits per heavy atom. The van der Waals surface area contributed by atoms with E-state index >= 15 is 0 Å². The van der Waals surface area contributed by atoms with Crippen LogP contribution in [0, 0.1) is 5.92 Å². The zero-order chi connectivity index (χ0) is 19.3. The lowest BCUT2D eigenvalue weighted by atomic mass is 9.99. The van der Waals surface area contributed by atoms with Crippen molar-refractivity contribution in [3.63, 3.8) is 0 Å². The summed E-state index contributed by atoms with van der Waals surface area (Å²) >= 11 is 0. The lowest BCUT2D eigenvalue weighted by molar-refractivity contribution is 0.0698. The van der Waals surface area contributed by atoms with E-state index in [1.807, 2.05) is 6.20 Å². The molecule has 0 unspecified atom stereocenters. The van der Waals surface area contributed by atoms with Crippen molar-refractivity contribution < 1.29 is 9.47 Å². The van der Waals surface area contributed by atoms with Crippen molar-refractivity contribution in [2.24, 2.45) is 10.9 Å². The molecule has 0 atom stereocenters. The first-order chi connectivity index (χ1) is 13.2. The zero-order valence-electron chi connectivity index (χ0n) is 17.4. The number of halogens is 1. The lowest BCUT2D eigenvalue weighted by Gasteiger charge is -2.31. The van der Waals surface area contributed by atoms with E-state index in [2.05, 4.69) is 44.6 Å². The van der Waals surface area contributed by atoms with Gasteiger partial charge in [0.1, 0.15) is 5.82 Å². The first-order valence-corrected chi connectivity index (χ1v) is 9.94. The Hall–Kier alpha value is -1.13. The van der Waals surface area contributed by atoms with Gasteiger partial charge in [-0.15, -0.1) is 24.0 Å². The number of rotatable bonds is 10. The van der Waals surface area contributed by atoms with Gasteiger partial charge in [0.15, 0.2) is 5.96 Å². The predicted molar refractivity (Wildman–Crippen MR) is 126 cm³/mol. The summed E-state index contributed by atoms with van der Waals surface area (Å²) in [6.07, 6.45) is 5.39. The number of hydrogen-bond acceptors (Lipinski definition) is 5. The fraction of sp³-hybridized carbons (Fsp3) is 0.700. The molecule has 1 fully saturated rings. The molecule has 0 aromatic carbocycles. The average Bonchev–Trinajstić information content (AvgIpc) is 2.70. The number of nitrogens with one attached hydrogen (secondary N) is 2. The summed E-state index contributed by atoms with van der Waals surface area (Å²) in [6.45, 7) is 8.06. The van der Waals surface area contributed by atoms with Crippen LogP contribution in [0.15, 0.2) is 23.3 Å². The van der Waals surface area contributed by atoms with E-state index in [0.29, 0.717) is 26.4 Å². The number of guanidine groups is 1. The van der Waals surface area contributed by atoms with Crippen LogP contribution in [-0.4, -0.2) is 64.6 Å². The molecule has 0 aliphatic carbocycles. The molecule has 0 radical (unpaired) electrons. The SMILES string of the molecule is CN=C(NCCCOCCOC)NCc1ccc(N2CCC(C)CC2)nc1.I. The molecule has 28 heavy (non-hydrogen) atoms. The highest BCUT2D eigenvalue weighted by Crippen LogP contribution is 2.21. The van der Waals surface area contributed by atoms with Gasteiger partial charge in [-0.1, -0.05) is 13.0 Å². The predicted octanol–water partition coefficient (Wildman–Crippen LogP) is 2.65. The summed E-state index contributed by atoms with van der Waals surface area (Å²) in [5, 5.41) is 6.62. The highest BCUT2D eigenvalue weighted by molar-refractivity contribution is 14.0. The third-order valence-electron chi connectivity index (χ3n) is 4.79. The topological polar surface area (TPSA) is 71.0 Å². The Kier molecular flexibility index (Phi) is 13.2. The molecular weight excluding hydrogens is 469 g/mol. The Bertz CT molecular complexity index is 548. The Morgan fingerprint density at radius 1 is 1.21 bits per heavy atom. The van der Waals surface area contributed by atoms with E-state index in [1.54, 1.807) is 14.2 Å². The van der Waals surface area contributed by atoms with Crippen LogP contribution >= 0.6 is 24.0 Å².